The molecule has 2 aliphatic rings. The molecule has 1 amide bonds. The summed E-state index contributed by atoms with van der Waals surface area (Å²) in [6.45, 7) is 16.1. The molecule has 0 spiro atoms. The van der Waals surface area contributed by atoms with Crippen molar-refractivity contribution in [2.75, 3.05) is 19.6 Å². The first-order chi connectivity index (χ1) is 17.8. The molecule has 1 aliphatic heterocycles. The normalized spacial score (nSPS) is 18.5. The van der Waals surface area contributed by atoms with E-state index < -0.39 is 5.82 Å². The largest absolute Gasteiger partial charge is 0.378 e. The highest BCUT2D eigenvalue weighted by atomic mass is 35.5. The van der Waals surface area contributed by atoms with Gasteiger partial charge < -0.3 is 9.80 Å². The van der Waals surface area contributed by atoms with Gasteiger partial charge in [-0.05, 0) is 75.2 Å². The van der Waals surface area contributed by atoms with Crippen molar-refractivity contribution in [1.29, 1.82) is 0 Å². The van der Waals surface area contributed by atoms with E-state index in [9.17, 15) is 13.6 Å². The molecule has 1 atom stereocenters. The molecule has 3 nitrogen and oxygen atoms in total. The standard InChI is InChI=1S/C26H30ClFN2O.C3H5F.C2H6/c1-4-6-17-29(5-2)18-9-16-26(3)19-30(24-15-13-20(27)12-14-22(24)26)25(31)21-10-7-8-11-23(21)28;1-2-3-4;1-2/h4,6-8,10-13,15,17H,1,5,9,14,16,18-19H2,2-3H3;2-3H,1H3;1-2H3/b17-6+;3-2+;. The molecule has 202 valence electrons. The number of benzene rings is 1. The van der Waals surface area contributed by atoms with Gasteiger partial charge in [0.25, 0.3) is 5.91 Å². The number of carbonyl (C=O) groups is 1. The topological polar surface area (TPSA) is 23.6 Å². The minimum Gasteiger partial charge on any atom is -0.378 e. The average molecular weight is 531 g/mol. The minimum absolute atomic E-state index is 0.0991. The number of rotatable bonds is 8. The zero-order chi connectivity index (χ0) is 27.8. The van der Waals surface area contributed by atoms with Gasteiger partial charge in [0.05, 0.1) is 11.9 Å². The average Bonchev–Trinajstić information content (AvgIpc) is 3.04. The second-order valence-corrected chi connectivity index (χ2v) is 9.13. The Hall–Kier alpha value is -2.92. The van der Waals surface area contributed by atoms with E-state index in [1.165, 1.54) is 17.7 Å². The third-order valence-electron chi connectivity index (χ3n) is 6.23. The van der Waals surface area contributed by atoms with Crippen LogP contribution in [0.25, 0.3) is 0 Å². The van der Waals surface area contributed by atoms with Gasteiger partial charge in [0, 0.05) is 35.8 Å². The van der Waals surface area contributed by atoms with E-state index in [2.05, 4.69) is 31.5 Å². The van der Waals surface area contributed by atoms with Crippen LogP contribution in [0.3, 0.4) is 0 Å². The number of nitrogens with zero attached hydrogens (tertiary/aromatic N) is 2. The molecule has 0 bridgehead atoms. The fraction of sp³-hybridized carbons (Fsp3) is 0.387. The highest BCUT2D eigenvalue weighted by molar-refractivity contribution is 6.31. The van der Waals surface area contributed by atoms with Crippen LogP contribution in [0.4, 0.5) is 8.78 Å². The van der Waals surface area contributed by atoms with Gasteiger partial charge >= 0.3 is 0 Å². The van der Waals surface area contributed by atoms with Gasteiger partial charge in [0.2, 0.25) is 0 Å². The Labute approximate surface area is 227 Å². The quantitative estimate of drug-likeness (QED) is 0.313. The Kier molecular flexibility index (Phi) is 14.5. The van der Waals surface area contributed by atoms with Crippen LogP contribution in [0.5, 0.6) is 0 Å². The molecule has 0 saturated heterocycles. The molecule has 3 rings (SSSR count). The fourth-order valence-corrected chi connectivity index (χ4v) is 4.49. The van der Waals surface area contributed by atoms with E-state index in [-0.39, 0.29) is 16.9 Å². The Bertz CT molecular complexity index is 1040. The van der Waals surface area contributed by atoms with Gasteiger partial charge in [-0.2, -0.15) is 0 Å². The van der Waals surface area contributed by atoms with Gasteiger partial charge in [0.15, 0.2) is 0 Å². The van der Waals surface area contributed by atoms with Crippen LogP contribution >= 0.6 is 11.6 Å². The van der Waals surface area contributed by atoms with Crippen LogP contribution in [0.1, 0.15) is 64.2 Å². The maximum atomic E-state index is 14.4. The number of carbonyl (C=O) groups excluding carboxylic acids is 1. The van der Waals surface area contributed by atoms with Crippen LogP contribution in [-0.2, 0) is 0 Å². The Morgan fingerprint density at radius 1 is 1.27 bits per heavy atom. The molecule has 1 aromatic rings. The highest BCUT2D eigenvalue weighted by Gasteiger charge is 2.42. The second kappa shape index (κ2) is 16.8. The summed E-state index contributed by atoms with van der Waals surface area (Å²) in [6, 6.07) is 6.16. The van der Waals surface area contributed by atoms with Crippen LogP contribution < -0.4 is 0 Å². The molecule has 0 N–H and O–H groups in total. The molecule has 1 aliphatic carbocycles. The first kappa shape index (κ1) is 32.1. The van der Waals surface area contributed by atoms with Crippen molar-refractivity contribution < 1.29 is 13.6 Å². The van der Waals surface area contributed by atoms with E-state index in [1.807, 2.05) is 38.2 Å². The lowest BCUT2D eigenvalue weighted by molar-refractivity contribution is 0.0788. The minimum atomic E-state index is -0.496. The molecule has 0 fully saturated rings. The van der Waals surface area contributed by atoms with E-state index in [4.69, 9.17) is 11.6 Å². The van der Waals surface area contributed by atoms with Crippen LogP contribution in [-0.4, -0.2) is 35.3 Å². The second-order valence-electron chi connectivity index (χ2n) is 8.69. The number of amides is 1. The highest BCUT2D eigenvalue weighted by Crippen LogP contribution is 2.46. The van der Waals surface area contributed by atoms with Crippen molar-refractivity contribution in [3.8, 4) is 0 Å². The van der Waals surface area contributed by atoms with Crippen molar-refractivity contribution in [1.82, 2.24) is 9.80 Å². The number of allylic oxidation sites excluding steroid dienone is 7. The lowest BCUT2D eigenvalue weighted by Crippen LogP contribution is -2.33. The molecule has 0 aromatic heterocycles. The van der Waals surface area contributed by atoms with E-state index in [0.29, 0.717) is 24.3 Å². The molecule has 1 unspecified atom stereocenters. The van der Waals surface area contributed by atoms with E-state index in [0.717, 1.165) is 31.6 Å². The van der Waals surface area contributed by atoms with Gasteiger partial charge in [0.1, 0.15) is 5.82 Å². The zero-order valence-corrected chi connectivity index (χ0v) is 23.6. The molecular formula is C31H41ClF2N2O. The molecule has 0 saturated carbocycles. The molecule has 6 heteroatoms. The Morgan fingerprint density at radius 2 is 1.95 bits per heavy atom. The van der Waals surface area contributed by atoms with Gasteiger partial charge in [-0.25, -0.2) is 8.78 Å². The summed E-state index contributed by atoms with van der Waals surface area (Å²) in [5, 5.41) is 0.654. The van der Waals surface area contributed by atoms with Crippen molar-refractivity contribution in [2.45, 2.75) is 53.9 Å². The Morgan fingerprint density at radius 3 is 2.54 bits per heavy atom. The lowest BCUT2D eigenvalue weighted by Gasteiger charge is -2.29. The fourth-order valence-electron chi connectivity index (χ4n) is 4.35. The third-order valence-corrected chi connectivity index (χ3v) is 6.51. The summed E-state index contributed by atoms with van der Waals surface area (Å²) in [6.07, 6.45) is 15.9. The summed E-state index contributed by atoms with van der Waals surface area (Å²) in [5.41, 5.74) is 1.94. The van der Waals surface area contributed by atoms with E-state index in [1.54, 1.807) is 36.1 Å². The predicted octanol–water partition coefficient (Wildman–Crippen LogP) is 8.94. The molecular weight excluding hydrogens is 490 g/mol. The number of hydrogen-bond donors (Lipinski definition) is 0. The SMILES string of the molecule is C/C=C/F.C=C/C=C/N(CC)CCCC1(C)CN(C(=O)c2ccccc2F)C2=C1CC=C(Cl)C=C2.CC. The van der Waals surface area contributed by atoms with Crippen molar-refractivity contribution in [3.05, 3.63) is 108 Å². The summed E-state index contributed by atoms with van der Waals surface area (Å²) in [7, 11) is 0. The maximum Gasteiger partial charge on any atom is 0.261 e. The molecule has 0 radical (unpaired) electrons. The van der Waals surface area contributed by atoms with Crippen molar-refractivity contribution >= 4 is 17.5 Å². The van der Waals surface area contributed by atoms with Gasteiger partial charge in [-0.3, -0.25) is 4.79 Å². The molecule has 37 heavy (non-hydrogen) atoms. The molecule has 1 heterocycles. The predicted molar refractivity (Wildman–Crippen MR) is 153 cm³/mol. The van der Waals surface area contributed by atoms with Crippen LogP contribution in [0.2, 0.25) is 0 Å². The maximum absolute atomic E-state index is 14.4. The summed E-state index contributed by atoms with van der Waals surface area (Å²) < 4.78 is 24.9. The number of hydrogen-bond acceptors (Lipinski definition) is 2. The summed E-state index contributed by atoms with van der Waals surface area (Å²) in [4.78, 5) is 17.3. The number of halogens is 3. The van der Waals surface area contributed by atoms with Crippen molar-refractivity contribution in [3.63, 3.8) is 0 Å². The Balaban J connectivity index is 0.00000104. The van der Waals surface area contributed by atoms with Crippen molar-refractivity contribution in [2.24, 2.45) is 5.41 Å². The zero-order valence-electron chi connectivity index (χ0n) is 22.8. The van der Waals surface area contributed by atoms with Crippen LogP contribution in [0.15, 0.2) is 96.1 Å². The van der Waals surface area contributed by atoms with Crippen LogP contribution in [0, 0.1) is 11.2 Å². The summed E-state index contributed by atoms with van der Waals surface area (Å²) in [5.74, 6) is -0.800. The monoisotopic (exact) mass is 530 g/mol. The first-order valence-corrected chi connectivity index (χ1v) is 13.3. The van der Waals surface area contributed by atoms with Gasteiger partial charge in [-0.1, -0.05) is 69.3 Å². The molecule has 1 aromatic carbocycles. The first-order valence-electron chi connectivity index (χ1n) is 12.9. The van der Waals surface area contributed by atoms with Gasteiger partial charge in [-0.15, -0.1) is 0 Å². The third kappa shape index (κ3) is 9.15. The summed E-state index contributed by atoms with van der Waals surface area (Å²) >= 11 is 6.27. The van der Waals surface area contributed by atoms with E-state index >= 15 is 0 Å². The lowest BCUT2D eigenvalue weighted by atomic mass is 9.78. The smallest absolute Gasteiger partial charge is 0.261 e.